The molecule has 13 heavy (non-hydrogen) atoms. The lowest BCUT2D eigenvalue weighted by atomic mass is 9.87. The zero-order chi connectivity index (χ0) is 10.6. The van der Waals surface area contributed by atoms with Crippen LogP contribution in [-0.4, -0.2) is 36.1 Å². The molecule has 78 valence electrons. The lowest BCUT2D eigenvalue weighted by Crippen LogP contribution is -2.46. The summed E-state index contributed by atoms with van der Waals surface area (Å²) >= 11 is 0. The van der Waals surface area contributed by atoms with Gasteiger partial charge in [0.1, 0.15) is 0 Å². The molecule has 0 radical (unpaired) electrons. The smallest absolute Gasteiger partial charge is 0.433 e. The highest BCUT2D eigenvalue weighted by Crippen LogP contribution is 2.17. The molecular weight excluding hydrogens is 172 g/mol. The number of hydroxylamine groups is 2. The summed E-state index contributed by atoms with van der Waals surface area (Å²) in [5.74, 6) is 0. The van der Waals surface area contributed by atoms with Gasteiger partial charge in [0.05, 0.1) is 13.7 Å². The van der Waals surface area contributed by atoms with Crippen molar-refractivity contribution < 1.29 is 14.7 Å². The van der Waals surface area contributed by atoms with Crippen molar-refractivity contribution in [3.63, 3.8) is 0 Å². The number of amides is 1. The summed E-state index contributed by atoms with van der Waals surface area (Å²) < 4.78 is 4.31. The molecular formula is C8H18N2O3. The van der Waals surface area contributed by atoms with Crippen LogP contribution < -0.4 is 5.73 Å². The van der Waals surface area contributed by atoms with Crippen LogP contribution in [-0.2, 0) is 4.74 Å². The quantitative estimate of drug-likeness (QED) is 0.499. The SMILES string of the molecule is COC(=O)N(O)CC(N)C(C)(C)C. The van der Waals surface area contributed by atoms with Gasteiger partial charge in [0.2, 0.25) is 0 Å². The van der Waals surface area contributed by atoms with Gasteiger partial charge in [-0.15, -0.1) is 0 Å². The highest BCUT2D eigenvalue weighted by molar-refractivity contribution is 5.65. The molecule has 0 bridgehead atoms. The van der Waals surface area contributed by atoms with E-state index >= 15 is 0 Å². The van der Waals surface area contributed by atoms with Gasteiger partial charge in [-0.05, 0) is 5.41 Å². The first-order valence-electron chi connectivity index (χ1n) is 4.09. The summed E-state index contributed by atoms with van der Waals surface area (Å²) in [4.78, 5) is 10.8. The molecule has 0 aliphatic carbocycles. The van der Waals surface area contributed by atoms with Crippen LogP contribution in [0.5, 0.6) is 0 Å². The molecule has 0 aliphatic heterocycles. The van der Waals surface area contributed by atoms with Gasteiger partial charge in [-0.3, -0.25) is 5.21 Å². The Morgan fingerprint density at radius 2 is 2.08 bits per heavy atom. The summed E-state index contributed by atoms with van der Waals surface area (Å²) in [6.07, 6.45) is -0.792. The summed E-state index contributed by atoms with van der Waals surface area (Å²) in [7, 11) is 1.20. The first-order chi connectivity index (χ1) is 5.79. The van der Waals surface area contributed by atoms with E-state index in [1.807, 2.05) is 20.8 Å². The first-order valence-corrected chi connectivity index (χ1v) is 4.09. The number of nitrogens with two attached hydrogens (primary N) is 1. The Hall–Kier alpha value is -0.810. The van der Waals surface area contributed by atoms with Crippen LogP contribution in [0.15, 0.2) is 0 Å². The number of methoxy groups -OCH3 is 1. The van der Waals surface area contributed by atoms with Crippen LogP contribution in [0.2, 0.25) is 0 Å². The van der Waals surface area contributed by atoms with E-state index in [2.05, 4.69) is 4.74 Å². The second-order valence-electron chi connectivity index (χ2n) is 4.02. The number of carbonyl (C=O) groups is 1. The van der Waals surface area contributed by atoms with E-state index in [4.69, 9.17) is 10.9 Å². The highest BCUT2D eigenvalue weighted by Gasteiger charge is 2.24. The van der Waals surface area contributed by atoms with Crippen LogP contribution in [0.1, 0.15) is 20.8 Å². The molecule has 0 heterocycles. The van der Waals surface area contributed by atoms with Crippen molar-refractivity contribution in [2.45, 2.75) is 26.8 Å². The predicted octanol–water partition coefficient (Wildman–Crippen LogP) is 0.817. The van der Waals surface area contributed by atoms with Crippen LogP contribution in [0.4, 0.5) is 4.79 Å². The Labute approximate surface area is 78.4 Å². The molecule has 0 spiro atoms. The van der Waals surface area contributed by atoms with Gasteiger partial charge in [-0.1, -0.05) is 20.8 Å². The molecule has 0 rings (SSSR count). The highest BCUT2D eigenvalue weighted by atomic mass is 16.6. The first kappa shape index (κ1) is 12.2. The maximum absolute atomic E-state index is 10.8. The molecule has 0 aromatic heterocycles. The Morgan fingerprint density at radius 3 is 2.38 bits per heavy atom. The standard InChI is InChI=1S/C8H18N2O3/c1-8(2,3)6(9)5-10(12)7(11)13-4/h6,12H,5,9H2,1-4H3. The molecule has 0 saturated heterocycles. The minimum absolute atomic E-state index is 0.0656. The second-order valence-corrected chi connectivity index (χ2v) is 4.02. The molecule has 0 saturated carbocycles. The minimum atomic E-state index is -0.792. The fourth-order valence-electron chi connectivity index (χ4n) is 0.640. The van der Waals surface area contributed by atoms with Crippen LogP contribution in [0, 0.1) is 5.41 Å². The van der Waals surface area contributed by atoms with E-state index in [0.717, 1.165) is 0 Å². The molecule has 0 aromatic rings. The average molecular weight is 190 g/mol. The molecule has 0 fully saturated rings. The molecule has 0 aliphatic rings. The fourth-order valence-corrected chi connectivity index (χ4v) is 0.640. The van der Waals surface area contributed by atoms with Crippen LogP contribution >= 0.6 is 0 Å². The summed E-state index contributed by atoms with van der Waals surface area (Å²) in [5, 5.41) is 9.61. The summed E-state index contributed by atoms with van der Waals surface area (Å²) in [6, 6.07) is -0.295. The van der Waals surface area contributed by atoms with Crippen molar-refractivity contribution >= 4 is 6.09 Å². The number of rotatable bonds is 2. The van der Waals surface area contributed by atoms with Crippen LogP contribution in [0.3, 0.4) is 0 Å². The Morgan fingerprint density at radius 1 is 1.62 bits per heavy atom. The van der Waals surface area contributed by atoms with E-state index in [9.17, 15) is 4.79 Å². The maximum atomic E-state index is 10.8. The lowest BCUT2D eigenvalue weighted by Gasteiger charge is -2.29. The third-order valence-electron chi connectivity index (χ3n) is 1.87. The third kappa shape index (κ3) is 4.10. The van der Waals surface area contributed by atoms with Crippen molar-refractivity contribution in [1.82, 2.24) is 5.06 Å². The second kappa shape index (κ2) is 4.43. The zero-order valence-corrected chi connectivity index (χ0v) is 8.57. The van der Waals surface area contributed by atoms with E-state index in [0.29, 0.717) is 5.06 Å². The largest absolute Gasteiger partial charge is 0.451 e. The van der Waals surface area contributed by atoms with E-state index in [1.165, 1.54) is 7.11 Å². The minimum Gasteiger partial charge on any atom is -0.451 e. The molecule has 1 unspecified atom stereocenters. The van der Waals surface area contributed by atoms with Gasteiger partial charge in [0, 0.05) is 6.04 Å². The lowest BCUT2D eigenvalue weighted by molar-refractivity contribution is -0.0780. The topological polar surface area (TPSA) is 75.8 Å². The van der Waals surface area contributed by atoms with Crippen molar-refractivity contribution in [3.05, 3.63) is 0 Å². The summed E-state index contributed by atoms with van der Waals surface area (Å²) in [6.45, 7) is 5.87. The molecule has 0 aromatic carbocycles. The number of carbonyl (C=O) groups excluding carboxylic acids is 1. The molecule has 5 nitrogen and oxygen atoms in total. The average Bonchev–Trinajstić information content (AvgIpc) is 2.01. The summed E-state index contributed by atoms with van der Waals surface area (Å²) in [5.41, 5.74) is 5.58. The number of hydrogen-bond donors (Lipinski definition) is 2. The van der Waals surface area contributed by atoms with Crippen LogP contribution in [0.25, 0.3) is 0 Å². The Kier molecular flexibility index (Phi) is 4.16. The number of hydrogen-bond acceptors (Lipinski definition) is 4. The van der Waals surface area contributed by atoms with Crippen molar-refractivity contribution in [1.29, 1.82) is 0 Å². The van der Waals surface area contributed by atoms with Gasteiger partial charge < -0.3 is 10.5 Å². The predicted molar refractivity (Wildman–Crippen MR) is 48.3 cm³/mol. The molecule has 3 N–H and O–H groups in total. The van der Waals surface area contributed by atoms with Crippen molar-refractivity contribution in [2.24, 2.45) is 11.1 Å². The monoisotopic (exact) mass is 190 g/mol. The fraction of sp³-hybridized carbons (Fsp3) is 0.875. The van der Waals surface area contributed by atoms with Crippen molar-refractivity contribution in [2.75, 3.05) is 13.7 Å². The molecule has 1 amide bonds. The normalized spacial score (nSPS) is 13.7. The van der Waals surface area contributed by atoms with E-state index < -0.39 is 6.09 Å². The van der Waals surface area contributed by atoms with Crippen molar-refractivity contribution in [3.8, 4) is 0 Å². The van der Waals surface area contributed by atoms with E-state index in [1.54, 1.807) is 0 Å². The molecule has 5 heteroatoms. The molecule has 1 atom stereocenters. The van der Waals surface area contributed by atoms with Gasteiger partial charge in [-0.25, -0.2) is 4.79 Å². The van der Waals surface area contributed by atoms with Gasteiger partial charge >= 0.3 is 6.09 Å². The zero-order valence-electron chi connectivity index (χ0n) is 8.57. The van der Waals surface area contributed by atoms with Gasteiger partial charge in [-0.2, -0.15) is 5.06 Å². The number of nitrogens with zero attached hydrogens (tertiary/aromatic N) is 1. The Bertz CT molecular complexity index is 177. The van der Waals surface area contributed by atoms with Gasteiger partial charge in [0.15, 0.2) is 0 Å². The third-order valence-corrected chi connectivity index (χ3v) is 1.87. The number of ether oxygens (including phenoxy) is 1. The maximum Gasteiger partial charge on any atom is 0.433 e. The van der Waals surface area contributed by atoms with E-state index in [-0.39, 0.29) is 18.0 Å². The Balaban J connectivity index is 4.06. The van der Waals surface area contributed by atoms with Gasteiger partial charge in [0.25, 0.3) is 0 Å².